The van der Waals surface area contributed by atoms with E-state index < -0.39 is 15.9 Å². The van der Waals surface area contributed by atoms with Gasteiger partial charge in [0.05, 0.1) is 4.90 Å². The highest BCUT2D eigenvalue weighted by molar-refractivity contribution is 7.89. The zero-order valence-corrected chi connectivity index (χ0v) is 11.5. The van der Waals surface area contributed by atoms with Crippen molar-refractivity contribution in [3.63, 3.8) is 0 Å². The monoisotopic (exact) mass is 283 g/mol. The number of hydrogen-bond acceptors (Lipinski definition) is 4. The molecule has 2 rings (SSSR count). The molecule has 6 nitrogen and oxygen atoms in total. The maximum absolute atomic E-state index is 12.4. The fourth-order valence-electron chi connectivity index (χ4n) is 2.15. The fourth-order valence-corrected chi connectivity index (χ4v) is 3.69. The predicted octanol–water partition coefficient (Wildman–Crippen LogP) is -0.184. The quantitative estimate of drug-likeness (QED) is 0.802. The summed E-state index contributed by atoms with van der Waals surface area (Å²) < 4.78 is 26.1. The summed E-state index contributed by atoms with van der Waals surface area (Å²) in [5.74, 6) is -0.632. The Bertz CT molecular complexity index is 613. The molecule has 0 spiro atoms. The summed E-state index contributed by atoms with van der Waals surface area (Å²) in [6.07, 6.45) is 0.647. The molecule has 1 atom stereocenters. The lowest BCUT2D eigenvalue weighted by Gasteiger charge is -2.16. The highest BCUT2D eigenvalue weighted by atomic mass is 32.2. The van der Waals surface area contributed by atoms with Gasteiger partial charge in [0.2, 0.25) is 15.9 Å². The Balaban J connectivity index is 2.41. The number of nitrogens with zero attached hydrogens (tertiary/aromatic N) is 1. The van der Waals surface area contributed by atoms with Crippen molar-refractivity contribution in [3.8, 4) is 0 Å². The van der Waals surface area contributed by atoms with Crippen LogP contribution in [0.2, 0.25) is 0 Å². The van der Waals surface area contributed by atoms with Crippen LogP contribution in [0.4, 0.5) is 0 Å². The lowest BCUT2D eigenvalue weighted by atomic mass is 10.1. The first-order chi connectivity index (χ1) is 8.82. The van der Waals surface area contributed by atoms with E-state index in [1.807, 2.05) is 0 Å². The van der Waals surface area contributed by atoms with Gasteiger partial charge in [-0.1, -0.05) is 6.07 Å². The third kappa shape index (κ3) is 2.63. The van der Waals surface area contributed by atoms with E-state index in [0.717, 1.165) is 0 Å². The van der Waals surface area contributed by atoms with Gasteiger partial charge in [0.25, 0.3) is 0 Å². The number of sulfonamides is 1. The van der Waals surface area contributed by atoms with Crippen LogP contribution in [-0.2, 0) is 10.0 Å². The molecular formula is C12H17N3O3S. The molecule has 0 unspecified atom stereocenters. The third-order valence-corrected chi connectivity index (χ3v) is 5.16. The van der Waals surface area contributed by atoms with Gasteiger partial charge in [-0.2, -0.15) is 4.31 Å². The molecule has 19 heavy (non-hydrogen) atoms. The molecule has 0 saturated carbocycles. The molecule has 1 heterocycles. The van der Waals surface area contributed by atoms with Gasteiger partial charge in [-0.3, -0.25) is 4.79 Å². The average Bonchev–Trinajstić information content (AvgIpc) is 2.76. The topological polar surface area (TPSA) is 106 Å². The standard InChI is InChI=1S/C12H17N3O3S/c1-8-2-3-10(6-11(8)12(14)16)19(17,18)15-5-4-9(13)7-15/h2-3,6,9H,4-5,7,13H2,1H3,(H2,14,16)/t9-/m1/s1. The van der Waals surface area contributed by atoms with E-state index in [1.54, 1.807) is 13.0 Å². The van der Waals surface area contributed by atoms with Gasteiger partial charge >= 0.3 is 0 Å². The number of amides is 1. The first kappa shape index (κ1) is 14.0. The molecule has 1 aliphatic rings. The Labute approximate surface area is 112 Å². The summed E-state index contributed by atoms with van der Waals surface area (Å²) in [6, 6.07) is 4.27. The van der Waals surface area contributed by atoms with E-state index in [-0.39, 0.29) is 16.5 Å². The van der Waals surface area contributed by atoms with E-state index in [4.69, 9.17) is 11.5 Å². The summed E-state index contributed by atoms with van der Waals surface area (Å²) in [5.41, 5.74) is 11.8. The van der Waals surface area contributed by atoms with Crippen LogP contribution in [0.5, 0.6) is 0 Å². The van der Waals surface area contributed by atoms with Gasteiger partial charge in [-0.05, 0) is 31.0 Å². The molecule has 1 aromatic carbocycles. The average molecular weight is 283 g/mol. The Kier molecular flexibility index (Phi) is 3.62. The molecule has 7 heteroatoms. The van der Waals surface area contributed by atoms with Crippen LogP contribution in [0, 0.1) is 6.92 Å². The van der Waals surface area contributed by atoms with Crippen molar-refractivity contribution < 1.29 is 13.2 Å². The van der Waals surface area contributed by atoms with Crippen LogP contribution >= 0.6 is 0 Å². The van der Waals surface area contributed by atoms with E-state index in [1.165, 1.54) is 16.4 Å². The third-order valence-electron chi connectivity index (χ3n) is 3.30. The molecule has 0 aliphatic carbocycles. The van der Waals surface area contributed by atoms with Crippen LogP contribution in [0.25, 0.3) is 0 Å². The number of benzene rings is 1. The first-order valence-electron chi connectivity index (χ1n) is 5.98. The van der Waals surface area contributed by atoms with Crippen molar-refractivity contribution in [2.45, 2.75) is 24.3 Å². The molecule has 1 saturated heterocycles. The summed E-state index contributed by atoms with van der Waals surface area (Å²) in [4.78, 5) is 11.4. The molecule has 0 aromatic heterocycles. The summed E-state index contributed by atoms with van der Waals surface area (Å²) >= 11 is 0. The van der Waals surface area contributed by atoms with Crippen LogP contribution in [-0.4, -0.2) is 37.8 Å². The second kappa shape index (κ2) is 4.92. The maximum atomic E-state index is 12.4. The van der Waals surface area contributed by atoms with Crippen molar-refractivity contribution in [3.05, 3.63) is 29.3 Å². The lowest BCUT2D eigenvalue weighted by molar-refractivity contribution is 0.0999. The zero-order chi connectivity index (χ0) is 14.2. The van der Waals surface area contributed by atoms with Crippen LogP contribution in [0.1, 0.15) is 22.3 Å². The molecule has 0 radical (unpaired) electrons. The summed E-state index contributed by atoms with van der Waals surface area (Å²) in [6.45, 7) is 2.42. The lowest BCUT2D eigenvalue weighted by Crippen LogP contribution is -2.32. The Hall–Kier alpha value is -1.44. The van der Waals surface area contributed by atoms with E-state index in [9.17, 15) is 13.2 Å². The number of primary amides is 1. The second-order valence-corrected chi connectivity index (χ2v) is 6.69. The largest absolute Gasteiger partial charge is 0.366 e. The van der Waals surface area contributed by atoms with Crippen LogP contribution in [0.3, 0.4) is 0 Å². The number of rotatable bonds is 3. The first-order valence-corrected chi connectivity index (χ1v) is 7.42. The smallest absolute Gasteiger partial charge is 0.249 e. The van der Waals surface area contributed by atoms with Gasteiger partial charge < -0.3 is 11.5 Å². The van der Waals surface area contributed by atoms with Gasteiger partial charge in [0, 0.05) is 24.7 Å². The van der Waals surface area contributed by atoms with E-state index in [2.05, 4.69) is 0 Å². The number of nitrogens with two attached hydrogens (primary N) is 2. The Morgan fingerprint density at radius 3 is 2.63 bits per heavy atom. The molecule has 4 N–H and O–H groups in total. The van der Waals surface area contributed by atoms with E-state index >= 15 is 0 Å². The van der Waals surface area contributed by atoms with Gasteiger partial charge in [-0.25, -0.2) is 8.42 Å². The number of carbonyl (C=O) groups is 1. The minimum absolute atomic E-state index is 0.0843. The highest BCUT2D eigenvalue weighted by Crippen LogP contribution is 2.22. The molecular weight excluding hydrogens is 266 g/mol. The normalized spacial score (nSPS) is 20.6. The van der Waals surface area contributed by atoms with Gasteiger partial charge in [0.1, 0.15) is 0 Å². The molecule has 1 aliphatic heterocycles. The number of carbonyl (C=O) groups excluding carboxylic acids is 1. The van der Waals surface area contributed by atoms with E-state index in [0.29, 0.717) is 25.1 Å². The maximum Gasteiger partial charge on any atom is 0.249 e. The Morgan fingerprint density at radius 2 is 2.11 bits per heavy atom. The summed E-state index contributed by atoms with van der Waals surface area (Å²) in [5, 5.41) is 0. The second-order valence-electron chi connectivity index (χ2n) is 4.75. The SMILES string of the molecule is Cc1ccc(S(=O)(=O)N2CC[C@@H](N)C2)cc1C(N)=O. The fraction of sp³-hybridized carbons (Fsp3) is 0.417. The zero-order valence-electron chi connectivity index (χ0n) is 10.7. The van der Waals surface area contributed by atoms with Crippen molar-refractivity contribution >= 4 is 15.9 Å². The minimum atomic E-state index is -3.60. The van der Waals surface area contributed by atoms with Crippen molar-refractivity contribution in [1.29, 1.82) is 0 Å². The number of aryl methyl sites for hydroxylation is 1. The molecule has 1 aromatic rings. The summed E-state index contributed by atoms with van der Waals surface area (Å²) in [7, 11) is -3.60. The Morgan fingerprint density at radius 1 is 1.42 bits per heavy atom. The van der Waals surface area contributed by atoms with Crippen molar-refractivity contribution in [2.75, 3.05) is 13.1 Å². The van der Waals surface area contributed by atoms with Gasteiger partial charge in [-0.15, -0.1) is 0 Å². The predicted molar refractivity (Wildman–Crippen MR) is 71.0 cm³/mol. The molecule has 104 valence electrons. The van der Waals surface area contributed by atoms with Crippen LogP contribution < -0.4 is 11.5 Å². The highest BCUT2D eigenvalue weighted by Gasteiger charge is 2.31. The van der Waals surface area contributed by atoms with Gasteiger partial charge in [0.15, 0.2) is 0 Å². The van der Waals surface area contributed by atoms with Crippen molar-refractivity contribution in [2.24, 2.45) is 11.5 Å². The minimum Gasteiger partial charge on any atom is -0.366 e. The molecule has 1 fully saturated rings. The molecule has 0 bridgehead atoms. The number of hydrogen-bond donors (Lipinski definition) is 2. The molecule has 1 amide bonds. The van der Waals surface area contributed by atoms with Crippen molar-refractivity contribution in [1.82, 2.24) is 4.31 Å². The van der Waals surface area contributed by atoms with Crippen LogP contribution in [0.15, 0.2) is 23.1 Å².